The van der Waals surface area contributed by atoms with Gasteiger partial charge in [-0.3, -0.25) is 15.0 Å². The molecule has 0 aromatic carbocycles. The topological polar surface area (TPSA) is 84.4 Å². The zero-order valence-corrected chi connectivity index (χ0v) is 14.0. The molecule has 116 valence electrons. The summed E-state index contributed by atoms with van der Waals surface area (Å²) in [6.07, 6.45) is -0.471. The Morgan fingerprint density at radius 2 is 2.10 bits per heavy atom. The van der Waals surface area contributed by atoms with E-state index in [-0.39, 0.29) is 5.91 Å². The quantitative estimate of drug-likeness (QED) is 0.894. The molecule has 0 unspecified atom stereocenters. The van der Waals surface area contributed by atoms with E-state index in [1.165, 1.54) is 28.0 Å². The molecule has 2 heterocycles. The molecule has 7 nitrogen and oxygen atoms in total. The first kappa shape index (κ1) is 16.0. The molecule has 1 aliphatic rings. The molecular formula is C12H18N4O3S2. The van der Waals surface area contributed by atoms with Crippen LogP contribution in [0.2, 0.25) is 0 Å². The third-order valence-corrected chi connectivity index (χ3v) is 4.34. The largest absolute Gasteiger partial charge is 0.444 e. The van der Waals surface area contributed by atoms with Gasteiger partial charge in [0.05, 0.1) is 5.88 Å². The molecule has 1 N–H and O–H groups in total. The van der Waals surface area contributed by atoms with Crippen LogP contribution in [0.5, 0.6) is 0 Å². The van der Waals surface area contributed by atoms with Crippen molar-refractivity contribution in [3.05, 3.63) is 5.01 Å². The Morgan fingerprint density at radius 1 is 1.38 bits per heavy atom. The van der Waals surface area contributed by atoms with Gasteiger partial charge in [-0.25, -0.2) is 4.79 Å². The van der Waals surface area contributed by atoms with Gasteiger partial charge in [-0.2, -0.15) is 0 Å². The minimum absolute atomic E-state index is 0.262. The first-order chi connectivity index (χ1) is 9.76. The molecule has 1 aromatic heterocycles. The lowest BCUT2D eigenvalue weighted by atomic mass is 10.2. The van der Waals surface area contributed by atoms with Gasteiger partial charge in [-0.15, -0.1) is 22.0 Å². The summed E-state index contributed by atoms with van der Waals surface area (Å²) in [6, 6.07) is -0.547. The van der Waals surface area contributed by atoms with E-state index in [0.717, 1.165) is 5.01 Å². The number of hydrogen-bond donors (Lipinski definition) is 1. The second-order valence-corrected chi connectivity index (χ2v) is 7.76. The summed E-state index contributed by atoms with van der Waals surface area (Å²) in [7, 11) is 0. The molecular weight excluding hydrogens is 312 g/mol. The average molecular weight is 330 g/mol. The van der Waals surface area contributed by atoms with Crippen molar-refractivity contribution in [1.82, 2.24) is 15.1 Å². The second kappa shape index (κ2) is 6.18. The van der Waals surface area contributed by atoms with Crippen LogP contribution in [0.3, 0.4) is 0 Å². The number of nitrogens with one attached hydrogen (secondary N) is 1. The number of aryl methyl sites for hydroxylation is 1. The van der Waals surface area contributed by atoms with Crippen LogP contribution >= 0.6 is 23.1 Å². The summed E-state index contributed by atoms with van der Waals surface area (Å²) in [5.74, 6) is 0.729. The maximum absolute atomic E-state index is 12.3. The molecule has 9 heteroatoms. The van der Waals surface area contributed by atoms with Crippen LogP contribution in [0, 0.1) is 6.92 Å². The highest BCUT2D eigenvalue weighted by Crippen LogP contribution is 2.25. The fourth-order valence-corrected chi connectivity index (χ4v) is 3.43. The lowest BCUT2D eigenvalue weighted by molar-refractivity contribution is -0.120. The first-order valence-corrected chi connectivity index (χ1v) is 8.42. The molecule has 1 saturated heterocycles. The van der Waals surface area contributed by atoms with Crippen molar-refractivity contribution in [3.8, 4) is 0 Å². The highest BCUT2D eigenvalue weighted by molar-refractivity contribution is 7.99. The van der Waals surface area contributed by atoms with Gasteiger partial charge >= 0.3 is 6.09 Å². The lowest BCUT2D eigenvalue weighted by Gasteiger charge is -2.27. The molecule has 1 fully saturated rings. The van der Waals surface area contributed by atoms with Crippen LogP contribution in [0.1, 0.15) is 25.8 Å². The Morgan fingerprint density at radius 3 is 2.67 bits per heavy atom. The summed E-state index contributed by atoms with van der Waals surface area (Å²) in [4.78, 5) is 25.8. The molecule has 0 spiro atoms. The van der Waals surface area contributed by atoms with Crippen LogP contribution in [0.25, 0.3) is 0 Å². The van der Waals surface area contributed by atoms with Gasteiger partial charge in [0.2, 0.25) is 11.0 Å². The molecule has 1 aromatic rings. The molecule has 2 amide bonds. The van der Waals surface area contributed by atoms with Gasteiger partial charge in [0, 0.05) is 5.75 Å². The number of thioether (sulfide) groups is 1. The van der Waals surface area contributed by atoms with Gasteiger partial charge in [-0.05, 0) is 27.7 Å². The van der Waals surface area contributed by atoms with Crippen molar-refractivity contribution in [3.63, 3.8) is 0 Å². The summed E-state index contributed by atoms with van der Waals surface area (Å²) >= 11 is 2.82. The van der Waals surface area contributed by atoms with E-state index >= 15 is 0 Å². The zero-order valence-electron chi connectivity index (χ0n) is 12.4. The van der Waals surface area contributed by atoms with Gasteiger partial charge < -0.3 is 4.74 Å². The third kappa shape index (κ3) is 4.31. The van der Waals surface area contributed by atoms with Crippen LogP contribution in [0.15, 0.2) is 0 Å². The number of nitrogens with zero attached hydrogens (tertiary/aromatic N) is 3. The van der Waals surface area contributed by atoms with Gasteiger partial charge in [0.25, 0.3) is 0 Å². The number of rotatable bonds is 2. The number of carbonyl (C=O) groups excluding carboxylic acids is 2. The average Bonchev–Trinajstić information content (AvgIpc) is 2.95. The fourth-order valence-electron chi connectivity index (χ4n) is 1.70. The van der Waals surface area contributed by atoms with E-state index < -0.39 is 17.7 Å². The van der Waals surface area contributed by atoms with Gasteiger partial charge in [0.1, 0.15) is 16.7 Å². The predicted octanol–water partition coefficient (Wildman–Crippen LogP) is 2.10. The molecule has 21 heavy (non-hydrogen) atoms. The van der Waals surface area contributed by atoms with E-state index in [1.54, 1.807) is 20.8 Å². The van der Waals surface area contributed by atoms with Crippen molar-refractivity contribution >= 4 is 40.2 Å². The van der Waals surface area contributed by atoms with Crippen molar-refractivity contribution in [2.24, 2.45) is 0 Å². The molecule has 0 bridgehead atoms. The molecule has 2 rings (SSSR count). The number of amides is 2. The summed E-state index contributed by atoms with van der Waals surface area (Å²) in [5, 5.41) is 11.6. The molecule has 0 aliphatic carbocycles. The normalized spacial score (nSPS) is 18.7. The Bertz CT molecular complexity index is 541. The SMILES string of the molecule is Cc1nnc(NC(=O)[C@H]2CSCN2C(=O)OC(C)(C)C)s1. The Labute approximate surface area is 131 Å². The standard InChI is InChI=1S/C12H18N4O3S2/c1-7-14-15-10(21-7)13-9(17)8-5-20-6-16(8)11(18)19-12(2,3)4/h8H,5-6H2,1-4H3,(H,13,15,17)/t8-/m1/s1. The van der Waals surface area contributed by atoms with Crippen molar-refractivity contribution in [2.45, 2.75) is 39.3 Å². The molecule has 0 saturated carbocycles. The number of hydrogen-bond acceptors (Lipinski definition) is 7. The minimum Gasteiger partial charge on any atom is -0.444 e. The van der Waals surface area contributed by atoms with Crippen molar-refractivity contribution < 1.29 is 14.3 Å². The maximum Gasteiger partial charge on any atom is 0.411 e. The number of aromatic nitrogens is 2. The Hall–Kier alpha value is -1.35. The van der Waals surface area contributed by atoms with Crippen LogP contribution in [-0.4, -0.2) is 50.4 Å². The lowest BCUT2D eigenvalue weighted by Crippen LogP contribution is -2.46. The summed E-state index contributed by atoms with van der Waals surface area (Å²) in [5.41, 5.74) is -0.582. The Balaban J connectivity index is 2.00. The summed E-state index contributed by atoms with van der Waals surface area (Å²) in [6.45, 7) is 7.21. The van der Waals surface area contributed by atoms with E-state index in [4.69, 9.17) is 4.74 Å². The maximum atomic E-state index is 12.3. The van der Waals surface area contributed by atoms with Crippen LogP contribution in [-0.2, 0) is 9.53 Å². The number of ether oxygens (including phenoxy) is 1. The number of carbonyl (C=O) groups is 2. The molecule has 1 atom stereocenters. The highest BCUT2D eigenvalue weighted by Gasteiger charge is 2.37. The van der Waals surface area contributed by atoms with Crippen LogP contribution in [0.4, 0.5) is 9.93 Å². The molecule has 0 radical (unpaired) electrons. The van der Waals surface area contributed by atoms with Gasteiger partial charge in [0.15, 0.2) is 0 Å². The van der Waals surface area contributed by atoms with E-state index in [9.17, 15) is 9.59 Å². The second-order valence-electron chi connectivity index (χ2n) is 5.58. The van der Waals surface area contributed by atoms with E-state index in [2.05, 4.69) is 15.5 Å². The fraction of sp³-hybridized carbons (Fsp3) is 0.667. The third-order valence-electron chi connectivity index (χ3n) is 2.57. The smallest absolute Gasteiger partial charge is 0.411 e. The Kier molecular flexibility index (Phi) is 4.72. The van der Waals surface area contributed by atoms with E-state index in [0.29, 0.717) is 16.8 Å². The molecule has 1 aliphatic heterocycles. The van der Waals surface area contributed by atoms with E-state index in [1.807, 2.05) is 6.92 Å². The van der Waals surface area contributed by atoms with Gasteiger partial charge in [-0.1, -0.05) is 11.3 Å². The highest BCUT2D eigenvalue weighted by atomic mass is 32.2. The number of anilines is 1. The first-order valence-electron chi connectivity index (χ1n) is 6.44. The predicted molar refractivity (Wildman–Crippen MR) is 82.5 cm³/mol. The van der Waals surface area contributed by atoms with Crippen LogP contribution < -0.4 is 5.32 Å². The monoisotopic (exact) mass is 330 g/mol. The summed E-state index contributed by atoms with van der Waals surface area (Å²) < 4.78 is 5.32. The zero-order chi connectivity index (χ0) is 15.6. The van der Waals surface area contributed by atoms with Crippen molar-refractivity contribution in [1.29, 1.82) is 0 Å². The van der Waals surface area contributed by atoms with Crippen molar-refractivity contribution in [2.75, 3.05) is 16.9 Å². The minimum atomic E-state index is -0.582.